The molecule has 0 amide bonds. The molecule has 7 nitrogen and oxygen atoms in total. The van der Waals surface area contributed by atoms with Crippen molar-refractivity contribution in [1.29, 1.82) is 0 Å². The first-order chi connectivity index (χ1) is 9.72. The van der Waals surface area contributed by atoms with Crippen molar-refractivity contribution < 1.29 is 16.8 Å². The first kappa shape index (κ1) is 16.6. The lowest BCUT2D eigenvalue weighted by Crippen LogP contribution is -2.22. The summed E-state index contributed by atoms with van der Waals surface area (Å²) < 4.78 is 50.9. The third-order valence-corrected chi connectivity index (χ3v) is 6.58. The molecule has 1 saturated heterocycles. The summed E-state index contributed by atoms with van der Waals surface area (Å²) >= 11 is 5.50. The molecule has 0 radical (unpaired) electrons. The highest BCUT2D eigenvalue weighted by molar-refractivity contribution is 7.92. The van der Waals surface area contributed by atoms with Crippen LogP contribution in [0, 0.1) is 6.92 Å². The number of hydrogen-bond acceptors (Lipinski definition) is 5. The lowest BCUT2D eigenvalue weighted by molar-refractivity contribution is 0.503. The van der Waals surface area contributed by atoms with Crippen LogP contribution < -0.4 is 4.72 Å². The minimum atomic E-state index is -3.51. The summed E-state index contributed by atoms with van der Waals surface area (Å²) in [5, 5.41) is 4.22. The number of alkyl halides is 1. The van der Waals surface area contributed by atoms with Crippen molar-refractivity contribution in [3.63, 3.8) is 0 Å². The monoisotopic (exact) mass is 355 g/mol. The minimum absolute atomic E-state index is 0.00940. The van der Waals surface area contributed by atoms with Gasteiger partial charge in [-0.2, -0.15) is 5.10 Å². The molecule has 10 heteroatoms. The molecule has 1 aliphatic heterocycles. The highest BCUT2D eigenvalue weighted by Crippen LogP contribution is 2.27. The average Bonchev–Trinajstić information content (AvgIpc) is 2.89. The quantitative estimate of drug-likeness (QED) is 0.765. The number of halogens is 1. The van der Waals surface area contributed by atoms with Crippen LogP contribution in [0.3, 0.4) is 0 Å². The van der Waals surface area contributed by atoms with E-state index in [-0.39, 0.29) is 29.2 Å². The largest absolute Gasteiger partial charge is 0.268 e. The number of sulfone groups is 1. The number of aryl methyl sites for hydroxylation is 1. The fraction of sp³-hybridized carbons (Fsp3) is 0.727. The molecule has 0 bridgehead atoms. The summed E-state index contributed by atoms with van der Waals surface area (Å²) in [4.78, 5) is 0. The summed E-state index contributed by atoms with van der Waals surface area (Å²) in [5.41, 5.74) is 0.634. The molecule has 21 heavy (non-hydrogen) atoms. The van der Waals surface area contributed by atoms with Gasteiger partial charge in [-0.25, -0.2) is 21.5 Å². The van der Waals surface area contributed by atoms with Gasteiger partial charge in [0.1, 0.15) is 5.82 Å². The third-order valence-electron chi connectivity index (χ3n) is 3.22. The minimum Gasteiger partial charge on any atom is -0.268 e. The number of anilines is 1. The molecule has 1 N–H and O–H groups in total. The van der Waals surface area contributed by atoms with E-state index < -0.39 is 19.9 Å². The molecule has 1 fully saturated rings. The second-order valence-electron chi connectivity index (χ2n) is 5.14. The molecule has 1 unspecified atom stereocenters. The van der Waals surface area contributed by atoms with Crippen LogP contribution in [0.25, 0.3) is 0 Å². The van der Waals surface area contributed by atoms with Gasteiger partial charge in [0.2, 0.25) is 10.0 Å². The topological polar surface area (TPSA) is 98.1 Å². The van der Waals surface area contributed by atoms with Crippen LogP contribution >= 0.6 is 11.6 Å². The summed E-state index contributed by atoms with van der Waals surface area (Å²) in [6.45, 7) is 1.73. The Kier molecular flexibility index (Phi) is 4.84. The fourth-order valence-corrected chi connectivity index (χ4v) is 5.38. The maximum Gasteiger partial charge on any atom is 0.233 e. The van der Waals surface area contributed by atoms with Crippen LogP contribution in [0.15, 0.2) is 6.07 Å². The Bertz CT molecular complexity index is 712. The van der Waals surface area contributed by atoms with E-state index >= 15 is 0 Å². The molecule has 2 rings (SSSR count). The van der Waals surface area contributed by atoms with Crippen LogP contribution in [0.5, 0.6) is 0 Å². The van der Waals surface area contributed by atoms with E-state index in [0.717, 1.165) is 0 Å². The Morgan fingerprint density at radius 2 is 2.24 bits per heavy atom. The molecule has 0 aromatic carbocycles. The smallest absolute Gasteiger partial charge is 0.233 e. The van der Waals surface area contributed by atoms with E-state index in [1.165, 1.54) is 4.68 Å². The van der Waals surface area contributed by atoms with Gasteiger partial charge in [-0.3, -0.25) is 4.72 Å². The van der Waals surface area contributed by atoms with Gasteiger partial charge in [0.15, 0.2) is 9.84 Å². The maximum atomic E-state index is 11.9. The Morgan fingerprint density at radius 3 is 2.81 bits per heavy atom. The lowest BCUT2D eigenvalue weighted by atomic mass is 10.3. The van der Waals surface area contributed by atoms with Gasteiger partial charge in [0, 0.05) is 11.9 Å². The van der Waals surface area contributed by atoms with E-state index in [1.807, 2.05) is 0 Å². The molecule has 2 heterocycles. The Hall–Kier alpha value is -0.800. The Balaban J connectivity index is 2.22. The molecule has 0 saturated carbocycles. The standard InChI is InChI=1S/C11H18ClN3O4S2/c1-9-7-11(14-21(18,19)5-2-4-12)15(13-9)10-3-6-20(16,17)8-10/h7,10,14H,2-6,8H2,1H3. The second-order valence-corrected chi connectivity index (χ2v) is 9.58. The van der Waals surface area contributed by atoms with Crippen LogP contribution in [-0.2, 0) is 19.9 Å². The predicted molar refractivity (Wildman–Crippen MR) is 82.0 cm³/mol. The number of nitrogens with one attached hydrogen (secondary N) is 1. The summed E-state index contributed by atoms with van der Waals surface area (Å²) in [7, 11) is -6.57. The van der Waals surface area contributed by atoms with Gasteiger partial charge in [-0.15, -0.1) is 11.6 Å². The SMILES string of the molecule is Cc1cc(NS(=O)(=O)CCCCl)n(C2CCS(=O)(=O)C2)n1. The highest BCUT2D eigenvalue weighted by atomic mass is 35.5. The van der Waals surface area contributed by atoms with Crippen molar-refractivity contribution in [2.75, 3.05) is 27.9 Å². The third kappa shape index (κ3) is 4.33. The van der Waals surface area contributed by atoms with Gasteiger partial charge in [0.25, 0.3) is 0 Å². The number of hydrogen-bond donors (Lipinski definition) is 1. The summed E-state index contributed by atoms with van der Waals surface area (Å²) in [5.74, 6) is 0.590. The zero-order chi connectivity index (χ0) is 15.7. The molecule has 1 aliphatic rings. The van der Waals surface area contributed by atoms with Crippen molar-refractivity contribution in [1.82, 2.24) is 9.78 Å². The van der Waals surface area contributed by atoms with Crippen LogP contribution in [0.4, 0.5) is 5.82 Å². The van der Waals surface area contributed by atoms with Crippen molar-refractivity contribution in [2.24, 2.45) is 0 Å². The number of sulfonamides is 1. The van der Waals surface area contributed by atoms with Gasteiger partial charge >= 0.3 is 0 Å². The first-order valence-electron chi connectivity index (χ1n) is 6.55. The summed E-state index contributed by atoms with van der Waals surface area (Å²) in [6.07, 6.45) is 0.793. The van der Waals surface area contributed by atoms with Crippen molar-refractivity contribution in [3.05, 3.63) is 11.8 Å². The molecule has 1 aromatic rings. The van der Waals surface area contributed by atoms with E-state index in [4.69, 9.17) is 11.6 Å². The van der Waals surface area contributed by atoms with Gasteiger partial charge in [-0.05, 0) is 19.8 Å². The van der Waals surface area contributed by atoms with Gasteiger partial charge in [0.05, 0.1) is 29.0 Å². The van der Waals surface area contributed by atoms with E-state index in [1.54, 1.807) is 13.0 Å². The maximum absolute atomic E-state index is 11.9. The predicted octanol–water partition coefficient (Wildman–Crippen LogP) is 0.922. The average molecular weight is 356 g/mol. The van der Waals surface area contributed by atoms with Crippen LogP contribution in [-0.4, -0.2) is 49.8 Å². The first-order valence-corrected chi connectivity index (χ1v) is 10.6. The van der Waals surface area contributed by atoms with Crippen molar-refractivity contribution in [2.45, 2.75) is 25.8 Å². The molecule has 1 atom stereocenters. The van der Waals surface area contributed by atoms with Crippen molar-refractivity contribution in [3.8, 4) is 0 Å². The lowest BCUT2D eigenvalue weighted by Gasteiger charge is -2.14. The van der Waals surface area contributed by atoms with Crippen LogP contribution in [0.2, 0.25) is 0 Å². The molecule has 0 aliphatic carbocycles. The molecule has 0 spiro atoms. The van der Waals surface area contributed by atoms with E-state index in [2.05, 4.69) is 9.82 Å². The van der Waals surface area contributed by atoms with Crippen LogP contribution in [0.1, 0.15) is 24.6 Å². The molecule has 1 aromatic heterocycles. The number of nitrogens with zero attached hydrogens (tertiary/aromatic N) is 2. The molecular formula is C11H18ClN3O4S2. The fourth-order valence-electron chi connectivity index (χ4n) is 2.29. The zero-order valence-electron chi connectivity index (χ0n) is 11.6. The Labute approximate surface area is 129 Å². The van der Waals surface area contributed by atoms with Gasteiger partial charge in [-0.1, -0.05) is 0 Å². The van der Waals surface area contributed by atoms with Gasteiger partial charge < -0.3 is 0 Å². The van der Waals surface area contributed by atoms with E-state index in [0.29, 0.717) is 24.4 Å². The highest BCUT2D eigenvalue weighted by Gasteiger charge is 2.31. The molecule has 120 valence electrons. The zero-order valence-corrected chi connectivity index (χ0v) is 14.0. The van der Waals surface area contributed by atoms with E-state index in [9.17, 15) is 16.8 Å². The Morgan fingerprint density at radius 1 is 1.52 bits per heavy atom. The second kappa shape index (κ2) is 6.13. The normalized spacial score (nSPS) is 21.5. The summed E-state index contributed by atoms with van der Waals surface area (Å²) in [6, 6.07) is 1.28. The number of rotatable bonds is 6. The number of aromatic nitrogens is 2. The van der Waals surface area contributed by atoms with Crippen molar-refractivity contribution >= 4 is 37.3 Å². The molecular weight excluding hydrogens is 338 g/mol.